The van der Waals surface area contributed by atoms with Gasteiger partial charge in [0.2, 0.25) is 0 Å². The Balaban J connectivity index is 0.000000213. The number of aryl methyl sites for hydroxylation is 3. The lowest BCUT2D eigenvalue weighted by Crippen LogP contribution is -2.07. The van der Waals surface area contributed by atoms with E-state index in [-0.39, 0.29) is 0 Å². The lowest BCUT2D eigenvalue weighted by molar-refractivity contribution is -0.141. The highest BCUT2D eigenvalue weighted by atomic mass is 19.4. The van der Waals surface area contributed by atoms with Crippen LogP contribution in [0.1, 0.15) is 42.0 Å². The summed E-state index contributed by atoms with van der Waals surface area (Å²) in [6, 6.07) is 9.85. The lowest BCUT2D eigenvalue weighted by Gasteiger charge is -2.08. The first-order valence-corrected chi connectivity index (χ1v) is 11.3. The van der Waals surface area contributed by atoms with Crippen LogP contribution in [0.2, 0.25) is 0 Å². The van der Waals surface area contributed by atoms with E-state index in [1.54, 1.807) is 18.5 Å². The second kappa shape index (κ2) is 12.3. The molecule has 5 rings (SSSR count). The van der Waals surface area contributed by atoms with E-state index < -0.39 is 11.9 Å². The molecule has 35 heavy (non-hydrogen) atoms. The minimum atomic E-state index is -4.46. The summed E-state index contributed by atoms with van der Waals surface area (Å²) in [5.74, 6) is 0. The van der Waals surface area contributed by atoms with E-state index in [1.807, 2.05) is 39.0 Å². The number of hydrogen-bond acceptors (Lipinski definition) is 6. The van der Waals surface area contributed by atoms with Crippen molar-refractivity contribution in [3.8, 4) is 11.3 Å². The zero-order chi connectivity index (χ0) is 25.3. The van der Waals surface area contributed by atoms with Crippen molar-refractivity contribution in [2.75, 3.05) is 13.2 Å². The van der Waals surface area contributed by atoms with Crippen LogP contribution in [0.25, 0.3) is 22.3 Å². The Morgan fingerprint density at radius 2 is 1.51 bits per heavy atom. The molecular weight excluding hydrogens is 455 g/mol. The van der Waals surface area contributed by atoms with Crippen molar-refractivity contribution in [1.29, 1.82) is 0 Å². The second-order valence-electron chi connectivity index (χ2n) is 8.00. The predicted octanol–water partition coefficient (Wildman–Crippen LogP) is 6.30. The second-order valence-corrected chi connectivity index (χ2v) is 8.00. The lowest BCUT2D eigenvalue weighted by atomic mass is 10.1. The SMILES string of the molecule is C1CCOCC1.Cc1ccccn1.Cc1nc2ccnc(-c3ccc(C(F)(F)F)nc3)c2nc1C. The quantitative estimate of drug-likeness (QED) is 0.316. The molecular formula is C26H28F3N5O. The topological polar surface area (TPSA) is 73.7 Å². The number of alkyl halides is 3. The van der Waals surface area contributed by atoms with E-state index in [0.29, 0.717) is 22.3 Å². The van der Waals surface area contributed by atoms with Gasteiger partial charge in [0.05, 0.1) is 22.6 Å². The summed E-state index contributed by atoms with van der Waals surface area (Å²) in [6.45, 7) is 7.64. The number of rotatable bonds is 1. The van der Waals surface area contributed by atoms with Crippen LogP contribution in [-0.4, -0.2) is 38.1 Å². The molecule has 0 aromatic carbocycles. The molecule has 1 aliphatic heterocycles. The van der Waals surface area contributed by atoms with Crippen LogP contribution < -0.4 is 0 Å². The van der Waals surface area contributed by atoms with Crippen molar-refractivity contribution >= 4 is 11.0 Å². The van der Waals surface area contributed by atoms with Gasteiger partial charge in [-0.2, -0.15) is 13.2 Å². The molecule has 0 atom stereocenters. The van der Waals surface area contributed by atoms with Crippen molar-refractivity contribution < 1.29 is 17.9 Å². The van der Waals surface area contributed by atoms with Crippen LogP contribution in [0.3, 0.4) is 0 Å². The fourth-order valence-corrected chi connectivity index (χ4v) is 3.20. The number of halogens is 3. The third-order valence-electron chi connectivity index (χ3n) is 5.21. The molecule has 0 amide bonds. The summed E-state index contributed by atoms with van der Waals surface area (Å²) in [5.41, 5.74) is 3.82. The maximum Gasteiger partial charge on any atom is 0.433 e. The molecule has 4 aromatic heterocycles. The van der Waals surface area contributed by atoms with Gasteiger partial charge in [0.1, 0.15) is 11.2 Å². The molecule has 184 valence electrons. The highest BCUT2D eigenvalue weighted by molar-refractivity contribution is 5.88. The number of fused-ring (bicyclic) bond motifs is 1. The monoisotopic (exact) mass is 483 g/mol. The molecule has 0 unspecified atom stereocenters. The summed E-state index contributed by atoms with van der Waals surface area (Å²) in [5, 5.41) is 0. The number of pyridine rings is 3. The Labute approximate surface area is 202 Å². The summed E-state index contributed by atoms with van der Waals surface area (Å²) < 4.78 is 42.8. The van der Waals surface area contributed by atoms with Crippen molar-refractivity contribution in [3.63, 3.8) is 0 Å². The molecule has 0 aliphatic carbocycles. The van der Waals surface area contributed by atoms with E-state index in [0.717, 1.165) is 42.6 Å². The maximum atomic E-state index is 12.6. The van der Waals surface area contributed by atoms with Crippen LogP contribution in [0, 0.1) is 20.8 Å². The van der Waals surface area contributed by atoms with Gasteiger partial charge in [-0.25, -0.2) is 9.97 Å². The average molecular weight is 484 g/mol. The summed E-state index contributed by atoms with van der Waals surface area (Å²) in [7, 11) is 0. The molecule has 0 bridgehead atoms. The van der Waals surface area contributed by atoms with Gasteiger partial charge in [0.15, 0.2) is 0 Å². The zero-order valence-corrected chi connectivity index (χ0v) is 20.0. The van der Waals surface area contributed by atoms with Crippen molar-refractivity contribution in [1.82, 2.24) is 24.9 Å². The molecule has 9 heteroatoms. The summed E-state index contributed by atoms with van der Waals surface area (Å²) >= 11 is 0. The number of hydrogen-bond donors (Lipinski definition) is 0. The molecule has 0 spiro atoms. The highest BCUT2D eigenvalue weighted by Gasteiger charge is 2.32. The van der Waals surface area contributed by atoms with E-state index >= 15 is 0 Å². The summed E-state index contributed by atoms with van der Waals surface area (Å²) in [4.78, 5) is 20.5. The number of nitrogens with zero attached hydrogens (tertiary/aromatic N) is 5. The molecule has 6 nitrogen and oxygen atoms in total. The Bertz CT molecular complexity index is 1200. The van der Waals surface area contributed by atoms with E-state index in [2.05, 4.69) is 24.9 Å². The molecule has 0 N–H and O–H groups in total. The van der Waals surface area contributed by atoms with Gasteiger partial charge in [-0.3, -0.25) is 15.0 Å². The molecule has 0 saturated carbocycles. The maximum absolute atomic E-state index is 12.6. The van der Waals surface area contributed by atoms with Crippen LogP contribution in [-0.2, 0) is 10.9 Å². The van der Waals surface area contributed by atoms with Crippen LogP contribution in [0.4, 0.5) is 13.2 Å². The molecule has 4 aromatic rings. The standard InChI is InChI=1S/C15H11F3N4.C6H7N.C5H10O/c1-8-9(2)22-14-11(21-8)5-6-19-13(14)10-3-4-12(20-7-10)15(16,17)18;1-6-4-2-3-5-7-6;1-2-4-6-5-3-1/h3-7H,1-2H3;2-5H,1H3;1-5H2. The Morgan fingerprint density at radius 3 is 2.00 bits per heavy atom. The first-order chi connectivity index (χ1) is 16.8. The normalized spacial score (nSPS) is 13.3. The van der Waals surface area contributed by atoms with Gasteiger partial charge in [-0.05, 0) is 70.4 Å². The fraction of sp³-hybridized carbons (Fsp3) is 0.346. The van der Waals surface area contributed by atoms with Crippen LogP contribution in [0.15, 0.2) is 55.0 Å². The average Bonchev–Trinajstić information content (AvgIpc) is 2.86. The fourth-order valence-electron chi connectivity index (χ4n) is 3.20. The van der Waals surface area contributed by atoms with Crippen molar-refractivity contribution in [2.45, 2.75) is 46.2 Å². The first kappa shape index (κ1) is 26.2. The molecule has 1 aliphatic rings. The van der Waals surface area contributed by atoms with Gasteiger partial charge in [-0.15, -0.1) is 0 Å². The Kier molecular flexibility index (Phi) is 9.19. The smallest absolute Gasteiger partial charge is 0.381 e. The van der Waals surface area contributed by atoms with Gasteiger partial charge in [-0.1, -0.05) is 6.07 Å². The number of aromatic nitrogens is 5. The van der Waals surface area contributed by atoms with E-state index in [1.165, 1.54) is 25.3 Å². The molecule has 1 fully saturated rings. The summed E-state index contributed by atoms with van der Waals surface area (Å²) in [6.07, 6.45) is 3.97. The minimum Gasteiger partial charge on any atom is -0.381 e. The third-order valence-corrected chi connectivity index (χ3v) is 5.21. The van der Waals surface area contributed by atoms with Gasteiger partial charge < -0.3 is 4.74 Å². The Hall–Kier alpha value is -3.46. The van der Waals surface area contributed by atoms with Gasteiger partial charge in [0.25, 0.3) is 0 Å². The van der Waals surface area contributed by atoms with E-state index in [4.69, 9.17) is 4.74 Å². The van der Waals surface area contributed by atoms with Crippen LogP contribution >= 0.6 is 0 Å². The third kappa shape index (κ3) is 7.78. The number of ether oxygens (including phenoxy) is 1. The highest BCUT2D eigenvalue weighted by Crippen LogP contribution is 2.30. The van der Waals surface area contributed by atoms with E-state index in [9.17, 15) is 13.2 Å². The van der Waals surface area contributed by atoms with Gasteiger partial charge in [0, 0.05) is 43.1 Å². The molecule has 5 heterocycles. The zero-order valence-electron chi connectivity index (χ0n) is 20.0. The first-order valence-electron chi connectivity index (χ1n) is 11.3. The van der Waals surface area contributed by atoms with Crippen LogP contribution in [0.5, 0.6) is 0 Å². The van der Waals surface area contributed by atoms with Crippen molar-refractivity contribution in [3.05, 3.63) is 77.8 Å². The Morgan fingerprint density at radius 1 is 0.771 bits per heavy atom. The molecule has 0 radical (unpaired) electrons. The largest absolute Gasteiger partial charge is 0.433 e. The minimum absolute atomic E-state index is 0.467. The molecule has 1 saturated heterocycles. The predicted molar refractivity (Wildman–Crippen MR) is 129 cm³/mol. The van der Waals surface area contributed by atoms with Crippen molar-refractivity contribution in [2.24, 2.45) is 0 Å². The van der Waals surface area contributed by atoms with Gasteiger partial charge >= 0.3 is 6.18 Å².